The van der Waals surface area contributed by atoms with Crippen molar-refractivity contribution in [1.82, 2.24) is 19.5 Å². The van der Waals surface area contributed by atoms with E-state index in [2.05, 4.69) is 129 Å². The molecule has 0 amide bonds. The van der Waals surface area contributed by atoms with Gasteiger partial charge in [0.1, 0.15) is 0 Å². The van der Waals surface area contributed by atoms with Crippen LogP contribution in [0.15, 0.2) is 36.8 Å². The molecular formula is C33H54N4. The van der Waals surface area contributed by atoms with Crippen LogP contribution >= 0.6 is 0 Å². The molecule has 37 heavy (non-hydrogen) atoms. The lowest BCUT2D eigenvalue weighted by Crippen LogP contribution is -2.03. The van der Waals surface area contributed by atoms with Crippen LogP contribution in [0.25, 0.3) is 0 Å². The van der Waals surface area contributed by atoms with Gasteiger partial charge in [0.2, 0.25) is 0 Å². The molecule has 0 aromatic carbocycles. The molecule has 0 aliphatic heterocycles. The number of aryl methyl sites for hydroxylation is 1. The molecule has 0 aliphatic carbocycles. The van der Waals surface area contributed by atoms with Crippen molar-refractivity contribution in [3.63, 3.8) is 0 Å². The molecular weight excluding hydrogens is 452 g/mol. The fourth-order valence-electron chi connectivity index (χ4n) is 4.61. The Bertz CT molecular complexity index is 962. The Balaban J connectivity index is 0.000000278. The van der Waals surface area contributed by atoms with Crippen LogP contribution in [-0.2, 0) is 7.05 Å². The van der Waals surface area contributed by atoms with Crippen molar-refractivity contribution in [2.24, 2.45) is 7.05 Å². The lowest BCUT2D eigenvalue weighted by atomic mass is 9.96. The zero-order chi connectivity index (χ0) is 28.4. The molecule has 3 aromatic heterocycles. The Morgan fingerprint density at radius 2 is 0.973 bits per heavy atom. The predicted octanol–water partition coefficient (Wildman–Crippen LogP) is 9.63. The quantitative estimate of drug-likeness (QED) is 0.334. The fourth-order valence-corrected chi connectivity index (χ4v) is 4.61. The maximum absolute atomic E-state index is 4.40. The average Bonchev–Trinajstić information content (AvgIpc) is 3.14. The monoisotopic (exact) mass is 506 g/mol. The Labute approximate surface area is 228 Å². The second kappa shape index (κ2) is 15.1. The zero-order valence-electron chi connectivity index (χ0n) is 26.2. The average molecular weight is 507 g/mol. The molecule has 0 bridgehead atoms. The summed E-state index contributed by atoms with van der Waals surface area (Å²) < 4.78 is 2.32. The largest absolute Gasteiger partial charge is 0.351 e. The normalized spacial score (nSPS) is 11.4. The van der Waals surface area contributed by atoms with Crippen LogP contribution in [0.5, 0.6) is 0 Å². The van der Waals surface area contributed by atoms with Crippen LogP contribution in [0, 0.1) is 6.92 Å². The van der Waals surface area contributed by atoms with Gasteiger partial charge in [-0.2, -0.15) is 0 Å². The molecule has 0 spiro atoms. The summed E-state index contributed by atoms with van der Waals surface area (Å²) in [6, 6.07) is 6.51. The van der Waals surface area contributed by atoms with E-state index < -0.39 is 0 Å². The number of pyridine rings is 1. The summed E-state index contributed by atoms with van der Waals surface area (Å²) in [5, 5.41) is 0. The molecule has 0 atom stereocenters. The van der Waals surface area contributed by atoms with E-state index in [9.17, 15) is 0 Å². The molecule has 0 aliphatic rings. The Morgan fingerprint density at radius 3 is 1.30 bits per heavy atom. The van der Waals surface area contributed by atoms with E-state index in [0.717, 1.165) is 11.4 Å². The standard InChI is InChI=1S/C12H21N.C11H17N.C10H16N2/c1-8(2)11-7-10(5)13(6)12(11)9(3)4;1-8(2)10-6-5-7-12-11(10)9(3)4;1-7(2)9-10(8(3)4)12-6-5-11-9/h7-9H,1-6H3;5-9H,1-4H3;5-8H,1-4H3. The van der Waals surface area contributed by atoms with Gasteiger partial charge in [-0.15, -0.1) is 0 Å². The molecule has 0 radical (unpaired) electrons. The summed E-state index contributed by atoms with van der Waals surface area (Å²) in [5.41, 5.74) is 9.26. The summed E-state index contributed by atoms with van der Waals surface area (Å²) in [6.07, 6.45) is 5.41. The first-order valence-corrected chi connectivity index (χ1v) is 14.1. The van der Waals surface area contributed by atoms with Crippen LogP contribution < -0.4 is 0 Å². The van der Waals surface area contributed by atoms with Crippen LogP contribution in [-0.4, -0.2) is 19.5 Å². The number of hydrogen-bond donors (Lipinski definition) is 0. The highest BCUT2D eigenvalue weighted by atomic mass is 15.0. The number of rotatable bonds is 6. The molecule has 3 heterocycles. The van der Waals surface area contributed by atoms with E-state index in [1.54, 1.807) is 12.4 Å². The Morgan fingerprint density at radius 1 is 0.541 bits per heavy atom. The first-order valence-electron chi connectivity index (χ1n) is 14.1. The molecule has 3 rings (SSSR count). The van der Waals surface area contributed by atoms with Crippen molar-refractivity contribution in [1.29, 1.82) is 0 Å². The van der Waals surface area contributed by atoms with E-state index in [-0.39, 0.29) is 0 Å². The van der Waals surface area contributed by atoms with E-state index in [4.69, 9.17) is 0 Å². The first kappa shape index (κ1) is 32.5. The number of nitrogens with zero attached hydrogens (tertiary/aromatic N) is 4. The topological polar surface area (TPSA) is 43.6 Å². The van der Waals surface area contributed by atoms with Gasteiger partial charge in [0.05, 0.1) is 11.4 Å². The summed E-state index contributed by atoms with van der Waals surface area (Å²) in [5.74, 6) is 3.31. The van der Waals surface area contributed by atoms with Gasteiger partial charge in [-0.05, 0) is 65.7 Å². The summed E-state index contributed by atoms with van der Waals surface area (Å²) >= 11 is 0. The van der Waals surface area contributed by atoms with Crippen LogP contribution in [0.2, 0.25) is 0 Å². The SMILES string of the molecule is CC(C)c1cccnc1C(C)C.CC(C)c1nccnc1C(C)C.Cc1cc(C(C)C)c(C(C)C)n1C. The van der Waals surface area contributed by atoms with Gasteiger partial charge in [-0.25, -0.2) is 0 Å². The Kier molecular flexibility index (Phi) is 13.2. The number of aromatic nitrogens is 4. The van der Waals surface area contributed by atoms with E-state index >= 15 is 0 Å². The fraction of sp³-hybridized carbons (Fsp3) is 0.606. The van der Waals surface area contributed by atoms with Crippen molar-refractivity contribution < 1.29 is 0 Å². The first-order chi connectivity index (χ1) is 17.2. The van der Waals surface area contributed by atoms with Crippen molar-refractivity contribution in [2.75, 3.05) is 0 Å². The molecule has 0 unspecified atom stereocenters. The zero-order valence-corrected chi connectivity index (χ0v) is 26.2. The van der Waals surface area contributed by atoms with Gasteiger partial charge in [0.15, 0.2) is 0 Å². The molecule has 206 valence electrons. The molecule has 4 heteroatoms. The minimum absolute atomic E-state index is 0.469. The van der Waals surface area contributed by atoms with Gasteiger partial charge in [-0.3, -0.25) is 15.0 Å². The Hall–Kier alpha value is -2.49. The van der Waals surface area contributed by atoms with E-state index in [1.807, 2.05) is 12.3 Å². The second-order valence-electron chi connectivity index (χ2n) is 11.9. The third-order valence-corrected chi connectivity index (χ3v) is 6.61. The van der Waals surface area contributed by atoms with E-state index in [0.29, 0.717) is 35.5 Å². The molecule has 0 saturated heterocycles. The molecule has 0 N–H and O–H groups in total. The van der Waals surface area contributed by atoms with Crippen molar-refractivity contribution in [3.8, 4) is 0 Å². The second-order valence-corrected chi connectivity index (χ2v) is 11.9. The summed E-state index contributed by atoms with van der Waals surface area (Å²) in [4.78, 5) is 13.1. The predicted molar refractivity (Wildman–Crippen MR) is 161 cm³/mol. The van der Waals surface area contributed by atoms with Crippen LogP contribution in [0.4, 0.5) is 0 Å². The highest BCUT2D eigenvalue weighted by molar-refractivity contribution is 5.32. The van der Waals surface area contributed by atoms with Gasteiger partial charge in [-0.1, -0.05) is 89.2 Å². The van der Waals surface area contributed by atoms with Crippen LogP contribution in [0.3, 0.4) is 0 Å². The lowest BCUT2D eigenvalue weighted by molar-refractivity contribution is 0.701. The minimum Gasteiger partial charge on any atom is -0.351 e. The minimum atomic E-state index is 0.469. The molecule has 0 fully saturated rings. The smallest absolute Gasteiger partial charge is 0.0646 e. The molecule has 3 aromatic rings. The third-order valence-electron chi connectivity index (χ3n) is 6.61. The number of hydrogen-bond acceptors (Lipinski definition) is 3. The van der Waals surface area contributed by atoms with Gasteiger partial charge in [0.25, 0.3) is 0 Å². The van der Waals surface area contributed by atoms with Gasteiger partial charge in [0, 0.05) is 42.7 Å². The van der Waals surface area contributed by atoms with Gasteiger partial charge < -0.3 is 4.57 Å². The van der Waals surface area contributed by atoms with Crippen molar-refractivity contribution in [3.05, 3.63) is 76.4 Å². The van der Waals surface area contributed by atoms with Crippen molar-refractivity contribution in [2.45, 2.75) is 126 Å². The highest BCUT2D eigenvalue weighted by Crippen LogP contribution is 2.28. The summed E-state index contributed by atoms with van der Waals surface area (Å²) in [6.45, 7) is 28.6. The highest BCUT2D eigenvalue weighted by Gasteiger charge is 2.15. The van der Waals surface area contributed by atoms with E-state index in [1.165, 1.54) is 28.2 Å². The maximum Gasteiger partial charge on any atom is 0.0646 e. The third kappa shape index (κ3) is 9.39. The lowest BCUT2D eigenvalue weighted by Gasteiger charge is -2.13. The van der Waals surface area contributed by atoms with Crippen molar-refractivity contribution >= 4 is 0 Å². The van der Waals surface area contributed by atoms with Crippen LogP contribution in [0.1, 0.15) is 158 Å². The maximum atomic E-state index is 4.40. The van der Waals surface area contributed by atoms with Gasteiger partial charge >= 0.3 is 0 Å². The molecule has 4 nitrogen and oxygen atoms in total. The molecule has 0 saturated carbocycles. The summed E-state index contributed by atoms with van der Waals surface area (Å²) in [7, 11) is 2.16.